The minimum absolute atomic E-state index is 0.0277. The highest BCUT2D eigenvalue weighted by atomic mass is 79.9. The summed E-state index contributed by atoms with van der Waals surface area (Å²) in [6.07, 6.45) is 1.61. The third kappa shape index (κ3) is 2.04. The van der Waals surface area contributed by atoms with Gasteiger partial charge in [-0.25, -0.2) is 0 Å². The quantitative estimate of drug-likeness (QED) is 0.834. The SMILES string of the molecule is CCc1nnc(NC(=O)C2(C)CC2(Br)Br)s1. The van der Waals surface area contributed by atoms with E-state index in [0.29, 0.717) is 5.13 Å². The molecule has 2 rings (SSSR count). The standard InChI is InChI=1S/C9H11Br2N3OS/c1-3-5-13-14-7(16-5)12-6(15)8(2)4-9(8,10)11/h3-4H2,1-2H3,(H,12,14,15). The Bertz CT molecular complexity index is 434. The molecule has 1 amide bonds. The molecule has 1 fully saturated rings. The maximum absolute atomic E-state index is 12.0. The molecule has 0 aliphatic heterocycles. The largest absolute Gasteiger partial charge is 0.300 e. The molecule has 1 atom stereocenters. The monoisotopic (exact) mass is 367 g/mol. The molecule has 1 N–H and O–H groups in total. The number of rotatable bonds is 3. The number of hydrogen-bond donors (Lipinski definition) is 1. The molecule has 16 heavy (non-hydrogen) atoms. The predicted octanol–water partition coefficient (Wildman–Crippen LogP) is 2.94. The van der Waals surface area contributed by atoms with E-state index in [4.69, 9.17) is 0 Å². The van der Waals surface area contributed by atoms with Gasteiger partial charge in [-0.3, -0.25) is 10.1 Å². The van der Waals surface area contributed by atoms with Gasteiger partial charge in [0.25, 0.3) is 0 Å². The van der Waals surface area contributed by atoms with Crippen LogP contribution in [0, 0.1) is 5.41 Å². The topological polar surface area (TPSA) is 54.9 Å². The summed E-state index contributed by atoms with van der Waals surface area (Å²) in [4.78, 5) is 12.0. The molecule has 1 aromatic heterocycles. The third-order valence-electron chi connectivity index (χ3n) is 2.75. The number of anilines is 1. The van der Waals surface area contributed by atoms with E-state index in [1.165, 1.54) is 11.3 Å². The summed E-state index contributed by atoms with van der Waals surface area (Å²) in [6, 6.07) is 0. The Kier molecular flexibility index (Phi) is 3.13. The van der Waals surface area contributed by atoms with Crippen LogP contribution in [0.2, 0.25) is 0 Å². The fraction of sp³-hybridized carbons (Fsp3) is 0.667. The number of hydrogen-bond acceptors (Lipinski definition) is 4. The minimum atomic E-state index is -0.412. The first-order valence-electron chi connectivity index (χ1n) is 4.91. The van der Waals surface area contributed by atoms with Crippen molar-refractivity contribution >= 4 is 54.2 Å². The zero-order valence-electron chi connectivity index (χ0n) is 8.88. The normalized spacial score (nSPS) is 26.5. The highest BCUT2D eigenvalue weighted by Crippen LogP contribution is 2.66. The molecular weight excluding hydrogens is 358 g/mol. The van der Waals surface area contributed by atoms with Gasteiger partial charge in [-0.15, -0.1) is 10.2 Å². The first-order chi connectivity index (χ1) is 7.39. The lowest BCUT2D eigenvalue weighted by atomic mass is 10.1. The molecule has 1 saturated carbocycles. The van der Waals surface area contributed by atoms with Crippen molar-refractivity contribution in [2.24, 2.45) is 5.41 Å². The van der Waals surface area contributed by atoms with Crippen molar-refractivity contribution in [3.63, 3.8) is 0 Å². The van der Waals surface area contributed by atoms with E-state index in [1.54, 1.807) is 0 Å². The van der Waals surface area contributed by atoms with Crippen LogP contribution in [0.4, 0.5) is 5.13 Å². The van der Waals surface area contributed by atoms with E-state index >= 15 is 0 Å². The van der Waals surface area contributed by atoms with Crippen molar-refractivity contribution in [2.75, 3.05) is 5.32 Å². The fourth-order valence-corrected chi connectivity index (χ4v) is 3.48. The van der Waals surface area contributed by atoms with Gasteiger partial charge in [-0.05, 0) is 19.8 Å². The van der Waals surface area contributed by atoms with E-state index in [2.05, 4.69) is 47.4 Å². The molecule has 0 aromatic carbocycles. The molecule has 4 nitrogen and oxygen atoms in total. The zero-order valence-corrected chi connectivity index (χ0v) is 12.9. The molecule has 1 aromatic rings. The molecule has 0 bridgehead atoms. The summed E-state index contributed by atoms with van der Waals surface area (Å²) < 4.78 is -0.268. The molecule has 1 aliphatic rings. The third-order valence-corrected chi connectivity index (χ3v) is 6.04. The Balaban J connectivity index is 2.04. The molecule has 1 aliphatic carbocycles. The number of alkyl halides is 2. The molecule has 0 spiro atoms. The highest BCUT2D eigenvalue weighted by Gasteiger charge is 2.66. The van der Waals surface area contributed by atoms with Crippen molar-refractivity contribution < 1.29 is 4.79 Å². The van der Waals surface area contributed by atoms with E-state index in [1.807, 2.05) is 13.8 Å². The minimum Gasteiger partial charge on any atom is -0.300 e. The molecule has 0 radical (unpaired) electrons. The van der Waals surface area contributed by atoms with Gasteiger partial charge in [-0.2, -0.15) is 0 Å². The molecule has 88 valence electrons. The van der Waals surface area contributed by atoms with E-state index < -0.39 is 5.41 Å². The Labute approximate surface area is 114 Å². The van der Waals surface area contributed by atoms with E-state index in [-0.39, 0.29) is 9.14 Å². The summed E-state index contributed by atoms with van der Waals surface area (Å²) in [5.41, 5.74) is -0.412. The van der Waals surface area contributed by atoms with Crippen LogP contribution in [0.1, 0.15) is 25.3 Å². The average Bonchev–Trinajstić information content (AvgIpc) is 2.62. The smallest absolute Gasteiger partial charge is 0.234 e. The molecular formula is C9H11Br2N3OS. The maximum atomic E-state index is 12.0. The highest BCUT2D eigenvalue weighted by molar-refractivity contribution is 9.25. The van der Waals surface area contributed by atoms with Gasteiger partial charge in [0.2, 0.25) is 11.0 Å². The average molecular weight is 369 g/mol. The van der Waals surface area contributed by atoms with E-state index in [9.17, 15) is 4.79 Å². The van der Waals surface area contributed by atoms with Crippen LogP contribution in [0.3, 0.4) is 0 Å². The van der Waals surface area contributed by atoms with Gasteiger partial charge >= 0.3 is 0 Å². The Morgan fingerprint density at radius 1 is 1.56 bits per heavy atom. The number of carbonyl (C=O) groups is 1. The second kappa shape index (κ2) is 4.03. The number of nitrogens with zero attached hydrogens (tertiary/aromatic N) is 2. The molecule has 1 heterocycles. The lowest BCUT2D eigenvalue weighted by molar-refractivity contribution is -0.120. The van der Waals surface area contributed by atoms with Gasteiger partial charge in [0.05, 0.1) is 8.65 Å². The number of aromatic nitrogens is 2. The summed E-state index contributed by atoms with van der Waals surface area (Å²) >= 11 is 8.35. The Hall–Kier alpha value is -0.0100. The van der Waals surface area contributed by atoms with Crippen LogP contribution in [-0.2, 0) is 11.2 Å². The lowest BCUT2D eigenvalue weighted by Crippen LogP contribution is -2.25. The summed E-state index contributed by atoms with van der Waals surface area (Å²) in [5.74, 6) is -0.0277. The first kappa shape index (κ1) is 12.4. The maximum Gasteiger partial charge on any atom is 0.234 e. The van der Waals surface area contributed by atoms with Gasteiger partial charge in [-0.1, -0.05) is 50.1 Å². The second-order valence-corrected chi connectivity index (χ2v) is 8.86. The van der Waals surface area contributed by atoms with Crippen LogP contribution >= 0.6 is 43.2 Å². The van der Waals surface area contributed by atoms with Crippen molar-refractivity contribution in [1.82, 2.24) is 10.2 Å². The van der Waals surface area contributed by atoms with Crippen molar-refractivity contribution in [3.8, 4) is 0 Å². The summed E-state index contributed by atoms with van der Waals surface area (Å²) in [5, 5.41) is 12.2. The van der Waals surface area contributed by atoms with Crippen molar-refractivity contribution in [1.29, 1.82) is 0 Å². The van der Waals surface area contributed by atoms with Gasteiger partial charge < -0.3 is 0 Å². The summed E-state index contributed by atoms with van der Waals surface area (Å²) in [6.45, 7) is 3.92. The Morgan fingerprint density at radius 3 is 2.62 bits per heavy atom. The van der Waals surface area contributed by atoms with Crippen LogP contribution in [0.15, 0.2) is 0 Å². The molecule has 7 heteroatoms. The number of carbonyl (C=O) groups excluding carboxylic acids is 1. The molecule has 1 unspecified atom stereocenters. The number of amides is 1. The first-order valence-corrected chi connectivity index (χ1v) is 7.31. The predicted molar refractivity (Wildman–Crippen MR) is 71.2 cm³/mol. The lowest BCUT2D eigenvalue weighted by Gasteiger charge is -2.10. The number of aryl methyl sites for hydroxylation is 1. The van der Waals surface area contributed by atoms with Crippen molar-refractivity contribution in [2.45, 2.75) is 29.9 Å². The summed E-state index contributed by atoms with van der Waals surface area (Å²) in [7, 11) is 0. The van der Waals surface area contributed by atoms with E-state index in [0.717, 1.165) is 17.8 Å². The van der Waals surface area contributed by atoms with Crippen LogP contribution in [0.25, 0.3) is 0 Å². The molecule has 0 saturated heterocycles. The Morgan fingerprint density at radius 2 is 2.19 bits per heavy atom. The van der Waals surface area contributed by atoms with Gasteiger partial charge in [0.1, 0.15) is 5.01 Å². The number of halogens is 2. The van der Waals surface area contributed by atoms with Crippen LogP contribution < -0.4 is 5.32 Å². The van der Waals surface area contributed by atoms with Gasteiger partial charge in [0.15, 0.2) is 0 Å². The van der Waals surface area contributed by atoms with Crippen LogP contribution in [0.5, 0.6) is 0 Å². The van der Waals surface area contributed by atoms with Crippen LogP contribution in [-0.4, -0.2) is 19.3 Å². The fourth-order valence-electron chi connectivity index (χ4n) is 1.33. The number of nitrogens with one attached hydrogen (secondary N) is 1. The van der Waals surface area contributed by atoms with Gasteiger partial charge in [0, 0.05) is 0 Å². The zero-order chi connectivity index (χ0) is 12.0. The van der Waals surface area contributed by atoms with Crippen molar-refractivity contribution in [3.05, 3.63) is 5.01 Å². The second-order valence-electron chi connectivity index (χ2n) is 4.02.